The fourth-order valence-electron chi connectivity index (χ4n) is 2.41. The standard InChI is InChI=1S/C11H16N4S/c1-16-11-13-9-7-12-6-8(9)10(14-11)15-4-2-3-5-15/h12H,2-7H2,1H3. The van der Waals surface area contributed by atoms with Crippen LogP contribution in [0.25, 0.3) is 0 Å². The average Bonchev–Trinajstić information content (AvgIpc) is 2.98. The lowest BCUT2D eigenvalue weighted by Crippen LogP contribution is -2.21. The second-order valence-corrected chi connectivity index (χ2v) is 5.03. The van der Waals surface area contributed by atoms with Gasteiger partial charge in [-0.1, -0.05) is 11.8 Å². The van der Waals surface area contributed by atoms with Crippen molar-refractivity contribution >= 4 is 17.6 Å². The van der Waals surface area contributed by atoms with Crippen molar-refractivity contribution in [1.29, 1.82) is 0 Å². The Morgan fingerprint density at radius 3 is 2.75 bits per heavy atom. The fraction of sp³-hybridized carbons (Fsp3) is 0.636. The van der Waals surface area contributed by atoms with Gasteiger partial charge in [-0.15, -0.1) is 0 Å². The third-order valence-corrected chi connectivity index (χ3v) is 3.78. The molecular weight excluding hydrogens is 220 g/mol. The van der Waals surface area contributed by atoms with Gasteiger partial charge in [-0.25, -0.2) is 9.97 Å². The van der Waals surface area contributed by atoms with E-state index in [0.717, 1.165) is 31.3 Å². The molecule has 3 rings (SSSR count). The summed E-state index contributed by atoms with van der Waals surface area (Å²) in [5, 5.41) is 4.27. The summed E-state index contributed by atoms with van der Waals surface area (Å²) in [6.07, 6.45) is 4.62. The zero-order chi connectivity index (χ0) is 11.0. The van der Waals surface area contributed by atoms with Crippen LogP contribution < -0.4 is 10.2 Å². The Kier molecular flexibility index (Phi) is 2.73. The second kappa shape index (κ2) is 4.22. The van der Waals surface area contributed by atoms with Crippen LogP contribution in [0.3, 0.4) is 0 Å². The predicted octanol–water partition coefficient (Wildman–Crippen LogP) is 1.40. The van der Waals surface area contributed by atoms with Gasteiger partial charge in [-0.3, -0.25) is 0 Å². The quantitative estimate of drug-likeness (QED) is 0.621. The van der Waals surface area contributed by atoms with E-state index in [4.69, 9.17) is 0 Å². The van der Waals surface area contributed by atoms with Crippen molar-refractivity contribution in [3.05, 3.63) is 11.3 Å². The molecule has 0 saturated carbocycles. The smallest absolute Gasteiger partial charge is 0.189 e. The molecule has 0 aromatic carbocycles. The van der Waals surface area contributed by atoms with Gasteiger partial charge in [-0.05, 0) is 19.1 Å². The van der Waals surface area contributed by atoms with Gasteiger partial charge in [-0.2, -0.15) is 0 Å². The molecule has 1 fully saturated rings. The molecule has 2 aliphatic rings. The van der Waals surface area contributed by atoms with E-state index in [1.807, 2.05) is 6.26 Å². The number of anilines is 1. The molecule has 0 atom stereocenters. The molecule has 4 nitrogen and oxygen atoms in total. The number of rotatable bonds is 2. The van der Waals surface area contributed by atoms with Gasteiger partial charge >= 0.3 is 0 Å². The first-order chi connectivity index (χ1) is 7.88. The van der Waals surface area contributed by atoms with Crippen LogP contribution >= 0.6 is 11.8 Å². The minimum Gasteiger partial charge on any atom is -0.356 e. The van der Waals surface area contributed by atoms with E-state index in [-0.39, 0.29) is 0 Å². The average molecular weight is 236 g/mol. The molecule has 1 aromatic rings. The van der Waals surface area contributed by atoms with Crippen LogP contribution in [0.4, 0.5) is 5.82 Å². The monoisotopic (exact) mass is 236 g/mol. The van der Waals surface area contributed by atoms with Crippen molar-refractivity contribution in [1.82, 2.24) is 15.3 Å². The Hall–Kier alpha value is -0.810. The Morgan fingerprint density at radius 1 is 1.19 bits per heavy atom. The summed E-state index contributed by atoms with van der Waals surface area (Å²) in [5.74, 6) is 1.18. The van der Waals surface area contributed by atoms with Gasteiger partial charge in [0.1, 0.15) is 5.82 Å². The normalized spacial score (nSPS) is 19.2. The van der Waals surface area contributed by atoms with Gasteiger partial charge in [0.15, 0.2) is 5.16 Å². The summed E-state index contributed by atoms with van der Waals surface area (Å²) in [6, 6.07) is 0. The zero-order valence-electron chi connectivity index (χ0n) is 9.49. The van der Waals surface area contributed by atoms with Gasteiger partial charge in [0.25, 0.3) is 0 Å². The van der Waals surface area contributed by atoms with Gasteiger partial charge in [0, 0.05) is 31.7 Å². The molecule has 0 unspecified atom stereocenters. The molecule has 5 heteroatoms. The molecule has 1 aromatic heterocycles. The Balaban J connectivity index is 2.04. The first kappa shape index (κ1) is 10.4. The second-order valence-electron chi connectivity index (χ2n) is 4.26. The summed E-state index contributed by atoms with van der Waals surface area (Å²) in [4.78, 5) is 11.7. The van der Waals surface area contributed by atoms with E-state index in [1.54, 1.807) is 11.8 Å². The van der Waals surface area contributed by atoms with Crippen LogP contribution in [0, 0.1) is 0 Å². The molecule has 0 amide bonds. The number of fused-ring (bicyclic) bond motifs is 1. The number of thioether (sulfide) groups is 1. The maximum atomic E-state index is 4.68. The number of hydrogen-bond acceptors (Lipinski definition) is 5. The zero-order valence-corrected chi connectivity index (χ0v) is 10.3. The summed E-state index contributed by atoms with van der Waals surface area (Å²) < 4.78 is 0. The number of aromatic nitrogens is 2. The van der Waals surface area contributed by atoms with Crippen LogP contribution in [0.5, 0.6) is 0 Å². The summed E-state index contributed by atoms with van der Waals surface area (Å²) in [6.45, 7) is 4.12. The molecule has 0 bridgehead atoms. The third-order valence-electron chi connectivity index (χ3n) is 3.23. The van der Waals surface area contributed by atoms with Crippen LogP contribution in [-0.2, 0) is 13.1 Å². The topological polar surface area (TPSA) is 41.1 Å². The highest BCUT2D eigenvalue weighted by Crippen LogP contribution is 2.29. The molecule has 3 heterocycles. The molecule has 86 valence electrons. The Morgan fingerprint density at radius 2 is 2.00 bits per heavy atom. The minimum atomic E-state index is 0.895. The van der Waals surface area contributed by atoms with Gasteiger partial charge in [0.05, 0.1) is 5.69 Å². The maximum Gasteiger partial charge on any atom is 0.189 e. The lowest BCUT2D eigenvalue weighted by Gasteiger charge is -2.19. The summed E-state index contributed by atoms with van der Waals surface area (Å²) in [7, 11) is 0. The SMILES string of the molecule is CSc1nc2c(c(N3CCCC3)n1)CNC2. The molecule has 16 heavy (non-hydrogen) atoms. The largest absolute Gasteiger partial charge is 0.356 e. The van der Waals surface area contributed by atoms with E-state index < -0.39 is 0 Å². The van der Waals surface area contributed by atoms with Crippen LogP contribution in [0.2, 0.25) is 0 Å². The van der Waals surface area contributed by atoms with E-state index >= 15 is 0 Å². The molecule has 0 radical (unpaired) electrons. The van der Waals surface area contributed by atoms with Crippen LogP contribution in [-0.4, -0.2) is 29.3 Å². The van der Waals surface area contributed by atoms with Crippen LogP contribution in [0.1, 0.15) is 24.1 Å². The molecular formula is C11H16N4S. The van der Waals surface area contributed by atoms with Crippen molar-refractivity contribution in [3.63, 3.8) is 0 Å². The van der Waals surface area contributed by atoms with Crippen LogP contribution in [0.15, 0.2) is 5.16 Å². The molecule has 2 aliphatic heterocycles. The third kappa shape index (κ3) is 1.68. The van der Waals surface area contributed by atoms with E-state index in [0.29, 0.717) is 0 Å². The van der Waals surface area contributed by atoms with E-state index in [1.165, 1.54) is 29.9 Å². The van der Waals surface area contributed by atoms with Crippen molar-refractivity contribution < 1.29 is 0 Å². The first-order valence-corrected chi connectivity index (χ1v) is 7.00. The lowest BCUT2D eigenvalue weighted by molar-refractivity contribution is 0.754. The van der Waals surface area contributed by atoms with Gasteiger partial charge in [0.2, 0.25) is 0 Å². The van der Waals surface area contributed by atoms with Crippen molar-refractivity contribution in [3.8, 4) is 0 Å². The number of nitrogens with zero attached hydrogens (tertiary/aromatic N) is 3. The molecule has 1 saturated heterocycles. The lowest BCUT2D eigenvalue weighted by atomic mass is 10.2. The van der Waals surface area contributed by atoms with E-state index in [9.17, 15) is 0 Å². The highest BCUT2D eigenvalue weighted by atomic mass is 32.2. The first-order valence-electron chi connectivity index (χ1n) is 5.78. The minimum absolute atomic E-state index is 0.895. The van der Waals surface area contributed by atoms with Crippen molar-refractivity contribution in [2.24, 2.45) is 0 Å². The summed E-state index contributed by atoms with van der Waals surface area (Å²) >= 11 is 1.63. The molecule has 0 spiro atoms. The highest BCUT2D eigenvalue weighted by molar-refractivity contribution is 7.98. The maximum absolute atomic E-state index is 4.68. The summed E-state index contributed by atoms with van der Waals surface area (Å²) in [5.41, 5.74) is 2.51. The Labute approximate surface area is 99.8 Å². The molecule has 0 aliphatic carbocycles. The number of hydrogen-bond donors (Lipinski definition) is 1. The fourth-order valence-corrected chi connectivity index (χ4v) is 2.79. The molecule has 1 N–H and O–H groups in total. The van der Waals surface area contributed by atoms with E-state index in [2.05, 4.69) is 20.2 Å². The predicted molar refractivity (Wildman–Crippen MR) is 65.8 cm³/mol. The Bertz CT molecular complexity index is 401. The van der Waals surface area contributed by atoms with Crippen molar-refractivity contribution in [2.75, 3.05) is 24.2 Å². The van der Waals surface area contributed by atoms with Crippen molar-refractivity contribution in [2.45, 2.75) is 31.1 Å². The highest BCUT2D eigenvalue weighted by Gasteiger charge is 2.24. The van der Waals surface area contributed by atoms with Gasteiger partial charge < -0.3 is 10.2 Å². The number of nitrogens with one attached hydrogen (secondary N) is 1.